The highest BCUT2D eigenvalue weighted by atomic mass is 16.1. The van der Waals surface area contributed by atoms with Crippen LogP contribution in [0.3, 0.4) is 0 Å². The summed E-state index contributed by atoms with van der Waals surface area (Å²) in [5.41, 5.74) is 3.43. The van der Waals surface area contributed by atoms with Crippen molar-refractivity contribution < 1.29 is 4.79 Å². The Morgan fingerprint density at radius 1 is 1.22 bits per heavy atom. The number of fused-ring (bicyclic) bond motifs is 1. The lowest BCUT2D eigenvalue weighted by atomic mass is 10.1. The molecule has 162 valence electrons. The van der Waals surface area contributed by atoms with Gasteiger partial charge < -0.3 is 15.2 Å². The predicted octanol–water partition coefficient (Wildman–Crippen LogP) is 2.50. The molecule has 0 aliphatic heterocycles. The van der Waals surface area contributed by atoms with Gasteiger partial charge in [-0.2, -0.15) is 10.4 Å². The summed E-state index contributed by atoms with van der Waals surface area (Å²) < 4.78 is 3.59. The van der Waals surface area contributed by atoms with Gasteiger partial charge in [-0.05, 0) is 26.3 Å². The molecule has 4 heterocycles. The molecule has 4 rings (SSSR count). The molecular formula is C22H23N9O. The van der Waals surface area contributed by atoms with Crippen LogP contribution >= 0.6 is 0 Å². The number of hydrogen-bond donors (Lipinski definition) is 2. The smallest absolute Gasteiger partial charge is 0.254 e. The molecular weight excluding hydrogens is 406 g/mol. The van der Waals surface area contributed by atoms with E-state index in [4.69, 9.17) is 5.26 Å². The van der Waals surface area contributed by atoms with Crippen molar-refractivity contribution in [3.8, 4) is 17.5 Å². The number of aromatic nitrogens is 6. The molecule has 0 spiro atoms. The first-order valence-electron chi connectivity index (χ1n) is 10.3. The predicted molar refractivity (Wildman–Crippen MR) is 119 cm³/mol. The third-order valence-electron chi connectivity index (χ3n) is 4.78. The zero-order valence-corrected chi connectivity index (χ0v) is 17.9. The monoisotopic (exact) mass is 429 g/mol. The molecule has 0 saturated heterocycles. The van der Waals surface area contributed by atoms with Crippen molar-refractivity contribution in [3.63, 3.8) is 0 Å². The van der Waals surface area contributed by atoms with Crippen LogP contribution in [0.2, 0.25) is 0 Å². The number of hydrogen-bond acceptors (Lipinski definition) is 7. The van der Waals surface area contributed by atoms with E-state index in [9.17, 15) is 4.79 Å². The number of anilines is 1. The maximum atomic E-state index is 12.8. The first kappa shape index (κ1) is 21.0. The molecule has 0 saturated carbocycles. The van der Waals surface area contributed by atoms with Gasteiger partial charge in [0.1, 0.15) is 11.8 Å². The third-order valence-corrected chi connectivity index (χ3v) is 4.78. The second kappa shape index (κ2) is 9.26. The minimum Gasteiger partial charge on any atom is -0.382 e. The lowest BCUT2D eigenvalue weighted by molar-refractivity contribution is 0.0953. The fourth-order valence-electron chi connectivity index (χ4n) is 3.30. The molecule has 0 aliphatic rings. The van der Waals surface area contributed by atoms with E-state index in [1.165, 1.54) is 6.20 Å². The van der Waals surface area contributed by atoms with Gasteiger partial charge in [-0.1, -0.05) is 0 Å². The second-order valence-electron chi connectivity index (χ2n) is 7.59. The standard InChI is InChI=1S/C22H23N9O/c1-15(2)29-18-9-19(20-13-27-21-8-16(10-23)11-28-31(20)21)26-12-17(18)22(32)25-4-3-6-30-7-5-24-14-30/h5,7-9,11-15H,3-4,6H2,1-2H3,(H,25,32)(H,26,29). The van der Waals surface area contributed by atoms with Crippen LogP contribution < -0.4 is 10.6 Å². The maximum absolute atomic E-state index is 12.8. The number of nitrogens with one attached hydrogen (secondary N) is 2. The summed E-state index contributed by atoms with van der Waals surface area (Å²) in [5.74, 6) is -0.187. The minimum atomic E-state index is -0.187. The SMILES string of the molecule is CC(C)Nc1cc(-c2cnc3cc(C#N)cnn23)ncc1C(=O)NCCCn1ccnc1. The lowest BCUT2D eigenvalue weighted by Gasteiger charge is -2.15. The molecule has 2 N–H and O–H groups in total. The van der Waals surface area contributed by atoms with Crippen LogP contribution in [-0.2, 0) is 6.54 Å². The van der Waals surface area contributed by atoms with E-state index in [0.717, 1.165) is 13.0 Å². The third kappa shape index (κ3) is 4.57. The molecule has 0 aromatic carbocycles. The highest BCUT2D eigenvalue weighted by molar-refractivity contribution is 5.99. The van der Waals surface area contributed by atoms with Gasteiger partial charge >= 0.3 is 0 Å². The lowest BCUT2D eigenvalue weighted by Crippen LogP contribution is -2.27. The van der Waals surface area contributed by atoms with Crippen LogP contribution in [-0.4, -0.2) is 47.6 Å². The number of imidazole rings is 2. The van der Waals surface area contributed by atoms with Gasteiger partial charge in [-0.25, -0.2) is 14.5 Å². The summed E-state index contributed by atoms with van der Waals surface area (Å²) in [5, 5.41) is 19.6. The number of amides is 1. The van der Waals surface area contributed by atoms with E-state index in [1.54, 1.807) is 35.5 Å². The number of rotatable bonds is 8. The van der Waals surface area contributed by atoms with Crippen molar-refractivity contribution in [1.82, 2.24) is 34.4 Å². The fraction of sp³-hybridized carbons (Fsp3) is 0.273. The summed E-state index contributed by atoms with van der Waals surface area (Å²) in [7, 11) is 0. The maximum Gasteiger partial charge on any atom is 0.254 e. The molecule has 10 heteroatoms. The molecule has 1 amide bonds. The van der Waals surface area contributed by atoms with Gasteiger partial charge in [0.15, 0.2) is 5.65 Å². The van der Waals surface area contributed by atoms with Crippen LogP contribution in [0.4, 0.5) is 5.69 Å². The molecule has 10 nitrogen and oxygen atoms in total. The number of pyridine rings is 1. The number of nitrogens with zero attached hydrogens (tertiary/aromatic N) is 7. The zero-order chi connectivity index (χ0) is 22.5. The van der Waals surface area contributed by atoms with E-state index in [2.05, 4.69) is 36.8 Å². The van der Waals surface area contributed by atoms with Gasteiger partial charge in [0.2, 0.25) is 0 Å². The Hall–Kier alpha value is -4.26. The van der Waals surface area contributed by atoms with Crippen molar-refractivity contribution in [2.24, 2.45) is 0 Å². The summed E-state index contributed by atoms with van der Waals surface area (Å²) in [6, 6.07) is 5.66. The summed E-state index contributed by atoms with van der Waals surface area (Å²) >= 11 is 0. The molecule has 0 bridgehead atoms. The number of carbonyl (C=O) groups excluding carboxylic acids is 1. The van der Waals surface area contributed by atoms with Gasteiger partial charge in [-0.15, -0.1) is 0 Å². The van der Waals surface area contributed by atoms with E-state index < -0.39 is 0 Å². The Balaban J connectivity index is 1.55. The first-order valence-corrected chi connectivity index (χ1v) is 10.3. The van der Waals surface area contributed by atoms with Gasteiger partial charge in [0, 0.05) is 43.8 Å². The fourth-order valence-corrected chi connectivity index (χ4v) is 3.30. The quantitative estimate of drug-likeness (QED) is 0.412. The van der Waals surface area contributed by atoms with Gasteiger partial charge in [-0.3, -0.25) is 9.78 Å². The molecule has 0 atom stereocenters. The summed E-state index contributed by atoms with van der Waals surface area (Å²) in [4.78, 5) is 25.7. The summed E-state index contributed by atoms with van der Waals surface area (Å²) in [6.07, 6.45) is 10.9. The molecule has 0 fully saturated rings. The van der Waals surface area contributed by atoms with Crippen molar-refractivity contribution in [3.05, 3.63) is 60.6 Å². The highest BCUT2D eigenvalue weighted by Gasteiger charge is 2.17. The van der Waals surface area contributed by atoms with Crippen molar-refractivity contribution in [2.45, 2.75) is 32.9 Å². The van der Waals surface area contributed by atoms with Crippen LogP contribution in [0.15, 0.2) is 49.4 Å². The Bertz CT molecular complexity index is 1270. The zero-order valence-electron chi connectivity index (χ0n) is 17.9. The minimum absolute atomic E-state index is 0.122. The Labute approximate surface area is 185 Å². The van der Waals surface area contributed by atoms with Gasteiger partial charge in [0.05, 0.1) is 41.2 Å². The van der Waals surface area contributed by atoms with Crippen molar-refractivity contribution in [2.75, 3.05) is 11.9 Å². The molecule has 0 unspecified atom stereocenters. The largest absolute Gasteiger partial charge is 0.382 e. The van der Waals surface area contributed by atoms with E-state index in [0.29, 0.717) is 40.4 Å². The van der Waals surface area contributed by atoms with E-state index >= 15 is 0 Å². The Morgan fingerprint density at radius 2 is 2.09 bits per heavy atom. The highest BCUT2D eigenvalue weighted by Crippen LogP contribution is 2.24. The molecule has 4 aromatic heterocycles. The topological polar surface area (TPSA) is 126 Å². The van der Waals surface area contributed by atoms with Crippen LogP contribution in [0.5, 0.6) is 0 Å². The second-order valence-corrected chi connectivity index (χ2v) is 7.59. The van der Waals surface area contributed by atoms with Crippen LogP contribution in [0, 0.1) is 11.3 Å². The van der Waals surface area contributed by atoms with Crippen LogP contribution in [0.1, 0.15) is 36.2 Å². The molecule has 32 heavy (non-hydrogen) atoms. The number of aryl methyl sites for hydroxylation is 1. The number of nitriles is 1. The number of carbonyl (C=O) groups is 1. The molecule has 0 aliphatic carbocycles. The molecule has 0 radical (unpaired) electrons. The first-order chi connectivity index (χ1) is 15.5. The van der Waals surface area contributed by atoms with Crippen LogP contribution in [0.25, 0.3) is 17.0 Å². The average molecular weight is 429 g/mol. The van der Waals surface area contributed by atoms with E-state index in [1.807, 2.05) is 30.7 Å². The average Bonchev–Trinajstić information content (AvgIpc) is 3.45. The summed E-state index contributed by atoms with van der Waals surface area (Å²) in [6.45, 7) is 5.33. The Morgan fingerprint density at radius 3 is 2.84 bits per heavy atom. The molecule has 4 aromatic rings. The normalized spacial score (nSPS) is 10.9. The van der Waals surface area contributed by atoms with Gasteiger partial charge in [0.25, 0.3) is 5.91 Å². The Kier molecular flexibility index (Phi) is 6.07. The van der Waals surface area contributed by atoms with Crippen molar-refractivity contribution in [1.29, 1.82) is 5.26 Å². The van der Waals surface area contributed by atoms with E-state index in [-0.39, 0.29) is 11.9 Å². The van der Waals surface area contributed by atoms with Crippen molar-refractivity contribution >= 4 is 17.2 Å².